The first-order valence-corrected chi connectivity index (χ1v) is 13.7. The molecule has 2 aliphatic rings. The molecule has 1 fully saturated rings. The maximum atomic E-state index is 13.5. The number of fused-ring (bicyclic) bond motifs is 1. The van der Waals surface area contributed by atoms with Crippen LogP contribution in [0.5, 0.6) is 0 Å². The molecule has 6 nitrogen and oxygen atoms in total. The Morgan fingerprint density at radius 2 is 1.68 bits per heavy atom. The molecule has 0 N–H and O–H groups in total. The van der Waals surface area contributed by atoms with E-state index in [0.717, 1.165) is 67.3 Å². The smallest absolute Gasteiger partial charge is 0.265 e. The number of carbonyl (C=O) groups excluding carboxylic acids is 1. The summed E-state index contributed by atoms with van der Waals surface area (Å²) in [6.45, 7) is 2.95. The lowest BCUT2D eigenvalue weighted by molar-refractivity contribution is 0.0956. The van der Waals surface area contributed by atoms with Gasteiger partial charge >= 0.3 is 0 Å². The third-order valence-corrected chi connectivity index (χ3v) is 9.18. The number of carbonyl (C=O) groups is 1. The second-order valence-corrected chi connectivity index (χ2v) is 11.4. The molecule has 0 saturated carbocycles. The van der Waals surface area contributed by atoms with Crippen molar-refractivity contribution in [1.82, 2.24) is 13.9 Å². The van der Waals surface area contributed by atoms with E-state index in [-0.39, 0.29) is 5.91 Å². The number of aryl methyl sites for hydroxylation is 1. The van der Waals surface area contributed by atoms with Crippen molar-refractivity contribution in [3.05, 3.63) is 70.3 Å². The average Bonchev–Trinajstić information content (AvgIpc) is 3.24. The molecule has 0 atom stereocenters. The topological polar surface area (TPSA) is 72.3 Å². The monoisotopic (exact) mass is 497 g/mol. The lowest BCUT2D eigenvalue weighted by Gasteiger charge is -2.25. The summed E-state index contributed by atoms with van der Waals surface area (Å²) in [7, 11) is -3.48. The van der Waals surface area contributed by atoms with E-state index in [1.54, 1.807) is 40.2 Å². The van der Waals surface area contributed by atoms with E-state index < -0.39 is 10.0 Å². The van der Waals surface area contributed by atoms with Gasteiger partial charge in [-0.3, -0.25) is 14.3 Å². The highest BCUT2D eigenvalue weighted by Crippen LogP contribution is 2.35. The van der Waals surface area contributed by atoms with E-state index in [1.807, 2.05) is 18.3 Å². The minimum atomic E-state index is -3.48. The van der Waals surface area contributed by atoms with Gasteiger partial charge in [-0.25, -0.2) is 8.42 Å². The third kappa shape index (κ3) is 4.10. The van der Waals surface area contributed by atoms with Crippen LogP contribution in [0.25, 0.3) is 11.1 Å². The van der Waals surface area contributed by atoms with Crippen molar-refractivity contribution < 1.29 is 13.2 Å². The van der Waals surface area contributed by atoms with Crippen molar-refractivity contribution in [2.75, 3.05) is 13.1 Å². The second kappa shape index (κ2) is 9.29. The van der Waals surface area contributed by atoms with Crippen molar-refractivity contribution in [3.8, 4) is 11.1 Å². The van der Waals surface area contributed by atoms with E-state index in [2.05, 4.69) is 4.98 Å². The summed E-state index contributed by atoms with van der Waals surface area (Å²) in [5.74, 6) is -0.177. The molecule has 34 heavy (non-hydrogen) atoms. The molecule has 0 radical (unpaired) electrons. The normalized spacial score (nSPS) is 16.9. The zero-order valence-corrected chi connectivity index (χ0v) is 20.8. The number of sulfonamides is 1. The molecule has 1 aliphatic carbocycles. The summed E-state index contributed by atoms with van der Waals surface area (Å²) in [6.07, 6.45) is 10.2. The summed E-state index contributed by atoms with van der Waals surface area (Å²) >= 11 is 6.37. The summed E-state index contributed by atoms with van der Waals surface area (Å²) in [5, 5.41) is 0.393. The number of aromatic nitrogens is 2. The highest BCUT2D eigenvalue weighted by atomic mass is 35.5. The zero-order valence-electron chi connectivity index (χ0n) is 19.3. The van der Waals surface area contributed by atoms with Gasteiger partial charge in [0.2, 0.25) is 10.0 Å². The molecular formula is C26H28ClN3O3S. The minimum Gasteiger partial charge on any atom is -0.287 e. The molecule has 8 heteroatoms. The number of pyridine rings is 1. The van der Waals surface area contributed by atoms with E-state index in [4.69, 9.17) is 11.6 Å². The SMILES string of the molecule is Cc1nccc(Cl)c1C(=O)n1cc(-c2ccc(S(=O)(=O)N3CCCCC3)cc2)c2c1CCCC2. The number of hydrogen-bond donors (Lipinski definition) is 0. The van der Waals surface area contributed by atoms with Gasteiger partial charge in [0.1, 0.15) is 0 Å². The summed E-state index contributed by atoms with van der Waals surface area (Å²) < 4.78 is 29.4. The van der Waals surface area contributed by atoms with Crippen LogP contribution in [0.4, 0.5) is 0 Å². The number of nitrogens with zero attached hydrogens (tertiary/aromatic N) is 3. The lowest BCUT2D eigenvalue weighted by Crippen LogP contribution is -2.35. The molecule has 3 aromatic rings. The highest BCUT2D eigenvalue weighted by molar-refractivity contribution is 7.89. The molecule has 0 bridgehead atoms. The van der Waals surface area contributed by atoms with Crippen molar-refractivity contribution in [2.45, 2.75) is 56.8 Å². The molecule has 5 rings (SSSR count). The fourth-order valence-electron chi connectivity index (χ4n) is 5.13. The molecular weight excluding hydrogens is 470 g/mol. The molecule has 2 aromatic heterocycles. The predicted octanol–water partition coefficient (Wildman–Crippen LogP) is 5.25. The van der Waals surface area contributed by atoms with Crippen LogP contribution >= 0.6 is 11.6 Å². The second-order valence-electron chi connectivity index (χ2n) is 9.09. The maximum absolute atomic E-state index is 13.5. The highest BCUT2D eigenvalue weighted by Gasteiger charge is 2.28. The molecule has 3 heterocycles. The standard InChI is InChI=1S/C26H28ClN3O3S/c1-18-25(23(27)13-14-28-18)26(31)30-17-22(21-7-3-4-8-24(21)30)19-9-11-20(12-10-19)34(32,33)29-15-5-2-6-16-29/h9-14,17H,2-8,15-16H2,1H3. The van der Waals surface area contributed by atoms with E-state index in [0.29, 0.717) is 34.3 Å². The van der Waals surface area contributed by atoms with Crippen LogP contribution < -0.4 is 0 Å². The van der Waals surface area contributed by atoms with Crippen molar-refractivity contribution in [3.63, 3.8) is 0 Å². The Morgan fingerprint density at radius 3 is 2.38 bits per heavy atom. The number of benzene rings is 1. The Bertz CT molecular complexity index is 1320. The van der Waals surface area contributed by atoms with Gasteiger partial charge in [0.15, 0.2) is 0 Å². The average molecular weight is 498 g/mol. The number of halogens is 1. The Morgan fingerprint density at radius 1 is 0.971 bits per heavy atom. The van der Waals surface area contributed by atoms with Crippen LogP contribution in [0.3, 0.4) is 0 Å². The van der Waals surface area contributed by atoms with Gasteiger partial charge in [0, 0.05) is 36.7 Å². The van der Waals surface area contributed by atoms with E-state index >= 15 is 0 Å². The van der Waals surface area contributed by atoms with Crippen LogP contribution in [0, 0.1) is 6.92 Å². The van der Waals surface area contributed by atoms with Gasteiger partial charge in [0.25, 0.3) is 5.91 Å². The largest absolute Gasteiger partial charge is 0.287 e. The number of piperidine rings is 1. The lowest BCUT2D eigenvalue weighted by atomic mass is 9.92. The van der Waals surface area contributed by atoms with Crippen LogP contribution in [0.1, 0.15) is 59.4 Å². The van der Waals surface area contributed by atoms with Crippen molar-refractivity contribution >= 4 is 27.5 Å². The van der Waals surface area contributed by atoms with Gasteiger partial charge in [-0.05, 0) is 74.8 Å². The van der Waals surface area contributed by atoms with Crippen molar-refractivity contribution in [2.24, 2.45) is 0 Å². The first-order chi connectivity index (χ1) is 16.4. The Kier molecular flexibility index (Phi) is 6.35. The Labute approximate surface area is 205 Å². The molecule has 178 valence electrons. The Balaban J connectivity index is 1.52. The van der Waals surface area contributed by atoms with E-state index in [1.165, 1.54) is 0 Å². The van der Waals surface area contributed by atoms with Gasteiger partial charge < -0.3 is 0 Å². The van der Waals surface area contributed by atoms with Crippen molar-refractivity contribution in [1.29, 1.82) is 0 Å². The first-order valence-electron chi connectivity index (χ1n) is 11.9. The zero-order chi connectivity index (χ0) is 23.9. The summed E-state index contributed by atoms with van der Waals surface area (Å²) in [4.78, 5) is 18.1. The minimum absolute atomic E-state index is 0.177. The number of hydrogen-bond acceptors (Lipinski definition) is 4. The molecule has 0 spiro atoms. The molecule has 1 aromatic carbocycles. The van der Waals surface area contributed by atoms with Gasteiger partial charge in [-0.15, -0.1) is 0 Å². The van der Waals surface area contributed by atoms with Gasteiger partial charge in [-0.1, -0.05) is 30.2 Å². The summed E-state index contributed by atoms with van der Waals surface area (Å²) in [5.41, 5.74) is 5.07. The van der Waals surface area contributed by atoms with E-state index in [9.17, 15) is 13.2 Å². The van der Waals surface area contributed by atoms with Gasteiger partial charge in [0.05, 0.1) is 21.2 Å². The first kappa shape index (κ1) is 23.3. The van der Waals surface area contributed by atoms with Crippen LogP contribution in [-0.2, 0) is 22.9 Å². The molecule has 0 unspecified atom stereocenters. The van der Waals surface area contributed by atoms with Crippen LogP contribution in [0.2, 0.25) is 5.02 Å². The quantitative estimate of drug-likeness (QED) is 0.493. The molecule has 1 aliphatic heterocycles. The van der Waals surface area contributed by atoms with Crippen LogP contribution in [0.15, 0.2) is 47.6 Å². The maximum Gasteiger partial charge on any atom is 0.265 e. The Hall–Kier alpha value is -2.48. The molecule has 1 saturated heterocycles. The fraction of sp³-hybridized carbons (Fsp3) is 0.385. The molecule has 0 amide bonds. The van der Waals surface area contributed by atoms with Gasteiger partial charge in [-0.2, -0.15) is 4.31 Å². The third-order valence-electron chi connectivity index (χ3n) is 6.95. The predicted molar refractivity (Wildman–Crippen MR) is 133 cm³/mol. The number of rotatable bonds is 4. The van der Waals surface area contributed by atoms with Crippen LogP contribution in [-0.4, -0.2) is 41.3 Å². The summed E-state index contributed by atoms with van der Waals surface area (Å²) in [6, 6.07) is 8.74. The fourth-order valence-corrected chi connectivity index (χ4v) is 6.92.